The van der Waals surface area contributed by atoms with Crippen molar-refractivity contribution in [1.82, 2.24) is 9.97 Å². The van der Waals surface area contributed by atoms with Gasteiger partial charge in [-0.1, -0.05) is 50.2 Å². The molecule has 0 spiro atoms. The third-order valence-corrected chi connectivity index (χ3v) is 5.46. The van der Waals surface area contributed by atoms with Gasteiger partial charge in [-0.3, -0.25) is 4.79 Å². The molecule has 1 aromatic heterocycles. The molecule has 0 atom stereocenters. The number of carbonyl (C=O) groups is 1. The lowest BCUT2D eigenvalue weighted by molar-refractivity contribution is 0.102. The average Bonchev–Trinajstić information content (AvgIpc) is 2.92. The number of anilines is 2. The summed E-state index contributed by atoms with van der Waals surface area (Å²) in [7, 11) is 1.58. The van der Waals surface area contributed by atoms with E-state index in [9.17, 15) is 4.79 Å². The van der Waals surface area contributed by atoms with Crippen LogP contribution in [-0.4, -0.2) is 29.6 Å². The summed E-state index contributed by atoms with van der Waals surface area (Å²) in [6.45, 7) is 6.56. The lowest BCUT2D eigenvalue weighted by Gasteiger charge is -2.13. The quantitative estimate of drug-likeness (QED) is 0.321. The number of methoxy groups -OCH3 is 1. The Balaban J connectivity index is 0.00000176. The number of nitrogens with two attached hydrogens (primary N) is 1. The number of carbonyl (C=O) groups excluding carboxylic acids is 1. The van der Waals surface area contributed by atoms with Crippen LogP contribution in [0.25, 0.3) is 11.1 Å². The molecule has 36 heavy (non-hydrogen) atoms. The molecule has 0 saturated heterocycles. The van der Waals surface area contributed by atoms with Crippen molar-refractivity contribution in [2.45, 2.75) is 27.2 Å². The second kappa shape index (κ2) is 12.9. The maximum absolute atomic E-state index is 12.9. The minimum Gasteiger partial charge on any atom is -0.493 e. The van der Waals surface area contributed by atoms with Crippen LogP contribution in [0.4, 0.5) is 11.6 Å². The van der Waals surface area contributed by atoms with E-state index in [-0.39, 0.29) is 11.9 Å². The number of aromatic nitrogens is 2. The van der Waals surface area contributed by atoms with Crippen molar-refractivity contribution in [2.75, 3.05) is 24.8 Å². The monoisotopic (exact) mass is 484 g/mol. The Bertz CT molecular complexity index is 1270. The maximum Gasteiger partial charge on any atom is 0.255 e. The number of rotatable bonds is 8. The fourth-order valence-corrected chi connectivity index (χ4v) is 3.53. The SMILES string of the molecule is CC.COc1ccc(C(=O)Nc2ccc(-c3cnc(N)nc3)cc2)cc1OCCc1ccccc1C. The smallest absolute Gasteiger partial charge is 0.255 e. The Morgan fingerprint density at radius 2 is 1.61 bits per heavy atom. The maximum atomic E-state index is 12.9. The summed E-state index contributed by atoms with van der Waals surface area (Å²) in [6.07, 6.45) is 4.08. The van der Waals surface area contributed by atoms with Gasteiger partial charge in [-0.05, 0) is 53.9 Å². The normalized spacial score (nSPS) is 10.1. The Hall–Kier alpha value is -4.39. The number of nitrogens with zero attached hydrogens (tertiary/aromatic N) is 2. The zero-order chi connectivity index (χ0) is 25.9. The summed E-state index contributed by atoms with van der Waals surface area (Å²) in [6, 6.07) is 20.8. The summed E-state index contributed by atoms with van der Waals surface area (Å²) in [5.41, 5.74) is 10.9. The van der Waals surface area contributed by atoms with E-state index in [2.05, 4.69) is 34.3 Å². The van der Waals surface area contributed by atoms with E-state index in [1.54, 1.807) is 37.7 Å². The van der Waals surface area contributed by atoms with E-state index in [1.165, 1.54) is 11.1 Å². The molecule has 3 N–H and O–H groups in total. The number of aryl methyl sites for hydroxylation is 1. The molecule has 0 aliphatic heterocycles. The van der Waals surface area contributed by atoms with E-state index >= 15 is 0 Å². The van der Waals surface area contributed by atoms with E-state index in [0.29, 0.717) is 29.4 Å². The molecule has 0 aliphatic rings. The summed E-state index contributed by atoms with van der Waals surface area (Å²) >= 11 is 0. The first-order valence-electron chi connectivity index (χ1n) is 11.9. The third kappa shape index (κ3) is 6.82. The van der Waals surface area contributed by atoms with Crippen LogP contribution in [-0.2, 0) is 6.42 Å². The van der Waals surface area contributed by atoms with Crippen LogP contribution in [0.3, 0.4) is 0 Å². The standard InChI is InChI=1S/C27H26N4O3.C2H6/c1-18-5-3-4-6-19(18)13-14-34-25-15-21(9-12-24(25)33-2)26(32)31-23-10-7-20(8-11-23)22-16-29-27(28)30-17-22;1-2/h3-12,15-17H,13-14H2,1-2H3,(H,31,32)(H2,28,29,30);1-2H3. The van der Waals surface area contributed by atoms with Gasteiger partial charge >= 0.3 is 0 Å². The van der Waals surface area contributed by atoms with Crippen molar-refractivity contribution in [3.05, 3.63) is 95.8 Å². The Kier molecular flexibility index (Phi) is 9.40. The van der Waals surface area contributed by atoms with Crippen LogP contribution in [0.5, 0.6) is 11.5 Å². The molecule has 4 aromatic rings. The third-order valence-electron chi connectivity index (χ3n) is 5.46. The number of nitrogens with one attached hydrogen (secondary N) is 1. The number of amides is 1. The second-order valence-electron chi connectivity index (χ2n) is 7.75. The predicted octanol–water partition coefficient (Wildman–Crippen LogP) is 5.94. The number of benzene rings is 3. The summed E-state index contributed by atoms with van der Waals surface area (Å²) < 4.78 is 11.4. The highest BCUT2D eigenvalue weighted by molar-refractivity contribution is 6.04. The van der Waals surface area contributed by atoms with Gasteiger partial charge in [0.15, 0.2) is 11.5 Å². The number of hydrogen-bond acceptors (Lipinski definition) is 6. The van der Waals surface area contributed by atoms with Gasteiger partial charge < -0.3 is 20.5 Å². The molecule has 0 aliphatic carbocycles. The molecule has 0 fully saturated rings. The van der Waals surface area contributed by atoms with E-state index in [0.717, 1.165) is 17.5 Å². The molecule has 3 aromatic carbocycles. The highest BCUT2D eigenvalue weighted by Gasteiger charge is 2.12. The number of hydrogen-bond donors (Lipinski definition) is 2. The molecule has 7 nitrogen and oxygen atoms in total. The van der Waals surface area contributed by atoms with Gasteiger partial charge in [-0.2, -0.15) is 0 Å². The first kappa shape index (κ1) is 26.2. The first-order chi connectivity index (χ1) is 17.5. The van der Waals surface area contributed by atoms with Crippen molar-refractivity contribution < 1.29 is 14.3 Å². The molecule has 1 amide bonds. The van der Waals surface area contributed by atoms with Gasteiger partial charge in [-0.15, -0.1) is 0 Å². The summed E-state index contributed by atoms with van der Waals surface area (Å²) in [4.78, 5) is 20.9. The molecule has 7 heteroatoms. The molecule has 0 saturated carbocycles. The van der Waals surface area contributed by atoms with Crippen LogP contribution in [0.2, 0.25) is 0 Å². The van der Waals surface area contributed by atoms with Gasteiger partial charge in [0, 0.05) is 35.6 Å². The van der Waals surface area contributed by atoms with Gasteiger partial charge in [-0.25, -0.2) is 9.97 Å². The van der Waals surface area contributed by atoms with E-state index in [1.807, 2.05) is 50.2 Å². The zero-order valence-corrected chi connectivity index (χ0v) is 21.1. The van der Waals surface area contributed by atoms with Crippen molar-refractivity contribution in [1.29, 1.82) is 0 Å². The fourth-order valence-electron chi connectivity index (χ4n) is 3.53. The molecule has 186 valence electrons. The highest BCUT2D eigenvalue weighted by Crippen LogP contribution is 2.29. The minimum absolute atomic E-state index is 0.227. The zero-order valence-electron chi connectivity index (χ0n) is 21.1. The van der Waals surface area contributed by atoms with Gasteiger partial charge in [0.1, 0.15) is 0 Å². The van der Waals surface area contributed by atoms with Crippen molar-refractivity contribution in [3.8, 4) is 22.6 Å². The van der Waals surface area contributed by atoms with Crippen molar-refractivity contribution >= 4 is 17.5 Å². The van der Waals surface area contributed by atoms with Crippen molar-refractivity contribution in [2.24, 2.45) is 0 Å². The van der Waals surface area contributed by atoms with Crippen molar-refractivity contribution in [3.63, 3.8) is 0 Å². The molecule has 4 rings (SSSR count). The van der Waals surface area contributed by atoms with Crippen LogP contribution in [0.1, 0.15) is 35.3 Å². The summed E-state index contributed by atoms with van der Waals surface area (Å²) in [5.74, 6) is 1.10. The molecule has 0 unspecified atom stereocenters. The number of ether oxygens (including phenoxy) is 2. The first-order valence-corrected chi connectivity index (χ1v) is 11.9. The van der Waals surface area contributed by atoms with E-state index < -0.39 is 0 Å². The van der Waals surface area contributed by atoms with Gasteiger partial charge in [0.05, 0.1) is 13.7 Å². The van der Waals surface area contributed by atoms with E-state index in [4.69, 9.17) is 15.2 Å². The lowest BCUT2D eigenvalue weighted by atomic mass is 10.1. The average molecular weight is 485 g/mol. The summed E-state index contributed by atoms with van der Waals surface area (Å²) in [5, 5.41) is 2.91. The fraction of sp³-hybridized carbons (Fsp3) is 0.207. The van der Waals surface area contributed by atoms with Crippen LogP contribution in [0.15, 0.2) is 79.1 Å². The number of nitrogen functional groups attached to an aromatic ring is 1. The molecular formula is C29H32N4O3. The van der Waals surface area contributed by atoms with Crippen LogP contribution < -0.4 is 20.5 Å². The topological polar surface area (TPSA) is 99.4 Å². The second-order valence-corrected chi connectivity index (χ2v) is 7.75. The molecular weight excluding hydrogens is 452 g/mol. The molecule has 0 radical (unpaired) electrons. The van der Waals surface area contributed by atoms with Crippen LogP contribution >= 0.6 is 0 Å². The largest absolute Gasteiger partial charge is 0.493 e. The molecule has 1 heterocycles. The Morgan fingerprint density at radius 1 is 0.917 bits per heavy atom. The van der Waals surface area contributed by atoms with Gasteiger partial charge in [0.2, 0.25) is 5.95 Å². The van der Waals surface area contributed by atoms with Gasteiger partial charge in [0.25, 0.3) is 5.91 Å². The predicted molar refractivity (Wildman–Crippen MR) is 145 cm³/mol. The Labute approximate surface area is 212 Å². The highest BCUT2D eigenvalue weighted by atomic mass is 16.5. The lowest BCUT2D eigenvalue weighted by Crippen LogP contribution is -2.12. The minimum atomic E-state index is -0.241. The van der Waals surface area contributed by atoms with Crippen LogP contribution in [0, 0.1) is 6.92 Å². The Morgan fingerprint density at radius 3 is 2.28 bits per heavy atom. The molecule has 0 bridgehead atoms.